The van der Waals surface area contributed by atoms with Crippen LogP contribution in [0, 0.1) is 5.82 Å². The molecule has 0 aliphatic rings. The number of aliphatic hydroxyl groups is 2. The zero-order valence-corrected chi connectivity index (χ0v) is 9.74. The van der Waals surface area contributed by atoms with Crippen molar-refractivity contribution in [2.24, 2.45) is 0 Å². The van der Waals surface area contributed by atoms with Crippen molar-refractivity contribution in [3.05, 3.63) is 23.6 Å². The van der Waals surface area contributed by atoms with Gasteiger partial charge in [0.15, 0.2) is 0 Å². The summed E-state index contributed by atoms with van der Waals surface area (Å²) in [5, 5.41) is 18.4. The molecule has 0 radical (unpaired) electrons. The molecule has 90 valence electrons. The Balaban J connectivity index is 3.13. The molecule has 0 unspecified atom stereocenters. The third kappa shape index (κ3) is 2.48. The Morgan fingerprint density at radius 1 is 1.44 bits per heavy atom. The molecule has 16 heavy (non-hydrogen) atoms. The van der Waals surface area contributed by atoms with E-state index >= 15 is 0 Å². The molecule has 0 aliphatic heterocycles. The number of nitrogens with zero attached hydrogens (tertiary/aromatic N) is 2. The fraction of sp³-hybridized carbons (Fsp3) is 0.545. The summed E-state index contributed by atoms with van der Waals surface area (Å²) in [5.41, 5.74) is -0.113. The first-order valence-corrected chi connectivity index (χ1v) is 5.02. The van der Waals surface area contributed by atoms with Gasteiger partial charge in [0.1, 0.15) is 11.6 Å². The van der Waals surface area contributed by atoms with Gasteiger partial charge < -0.3 is 15.1 Å². The zero-order valence-electron chi connectivity index (χ0n) is 9.74. The van der Waals surface area contributed by atoms with E-state index in [0.717, 1.165) is 6.20 Å². The van der Waals surface area contributed by atoms with E-state index in [1.165, 1.54) is 6.07 Å². The molecule has 2 N–H and O–H groups in total. The lowest BCUT2D eigenvalue weighted by Crippen LogP contribution is -2.45. The molecule has 1 rings (SSSR count). The number of hydrogen-bond acceptors (Lipinski definition) is 4. The zero-order chi connectivity index (χ0) is 12.3. The fourth-order valence-corrected chi connectivity index (χ4v) is 1.29. The lowest BCUT2D eigenvalue weighted by molar-refractivity contribution is 0.214. The van der Waals surface area contributed by atoms with Crippen molar-refractivity contribution in [3.63, 3.8) is 0 Å². The fourth-order valence-electron chi connectivity index (χ4n) is 1.29. The Morgan fingerprint density at radius 3 is 2.56 bits per heavy atom. The van der Waals surface area contributed by atoms with Gasteiger partial charge in [-0.15, -0.1) is 0 Å². The van der Waals surface area contributed by atoms with Crippen LogP contribution in [0.5, 0.6) is 0 Å². The van der Waals surface area contributed by atoms with Crippen LogP contribution in [0.15, 0.2) is 12.3 Å². The topological polar surface area (TPSA) is 56.6 Å². The first kappa shape index (κ1) is 12.9. The summed E-state index contributed by atoms with van der Waals surface area (Å²) in [4.78, 5) is 5.66. The minimum Gasteiger partial charge on any atom is -0.394 e. The van der Waals surface area contributed by atoms with Gasteiger partial charge in [0.25, 0.3) is 0 Å². The van der Waals surface area contributed by atoms with Crippen molar-refractivity contribution in [1.29, 1.82) is 0 Å². The number of aliphatic hydroxyl groups excluding tert-OH is 2. The van der Waals surface area contributed by atoms with Crippen LogP contribution in [0.25, 0.3) is 0 Å². The standard InChI is InChI=1S/C11H17FN2O2/c1-11(2,7-16)14(3)10-8(6-15)4-9(12)5-13-10/h4-5,15-16H,6-7H2,1-3H3. The molecule has 1 aromatic rings. The first-order chi connectivity index (χ1) is 7.42. The SMILES string of the molecule is CN(c1ncc(F)cc1CO)C(C)(C)CO. The lowest BCUT2D eigenvalue weighted by atomic mass is 10.0. The molecule has 0 aromatic carbocycles. The highest BCUT2D eigenvalue weighted by Crippen LogP contribution is 2.24. The van der Waals surface area contributed by atoms with Crippen molar-refractivity contribution >= 4 is 5.82 Å². The van der Waals surface area contributed by atoms with E-state index in [1.54, 1.807) is 11.9 Å². The molecule has 1 aromatic heterocycles. The maximum atomic E-state index is 12.9. The van der Waals surface area contributed by atoms with Gasteiger partial charge in [-0.2, -0.15) is 0 Å². The lowest BCUT2D eigenvalue weighted by Gasteiger charge is -2.35. The molecule has 5 heteroatoms. The number of aromatic nitrogens is 1. The summed E-state index contributed by atoms with van der Waals surface area (Å²) in [6, 6.07) is 1.24. The molecule has 0 amide bonds. The van der Waals surface area contributed by atoms with E-state index in [4.69, 9.17) is 5.11 Å². The van der Waals surface area contributed by atoms with Gasteiger partial charge in [-0.3, -0.25) is 0 Å². The Bertz CT molecular complexity index is 369. The summed E-state index contributed by atoms with van der Waals surface area (Å²) in [5.74, 6) is -0.00838. The minimum atomic E-state index is -0.519. The summed E-state index contributed by atoms with van der Waals surface area (Å²) in [6.07, 6.45) is 1.10. The molecule has 0 saturated heterocycles. The summed E-state index contributed by atoms with van der Waals surface area (Å²) in [6.45, 7) is 3.32. The van der Waals surface area contributed by atoms with Crippen LogP contribution in [0.4, 0.5) is 10.2 Å². The third-order valence-electron chi connectivity index (χ3n) is 2.69. The molecular weight excluding hydrogens is 211 g/mol. The first-order valence-electron chi connectivity index (χ1n) is 5.02. The van der Waals surface area contributed by atoms with Gasteiger partial charge in [-0.05, 0) is 19.9 Å². The van der Waals surface area contributed by atoms with Crippen LogP contribution in [-0.2, 0) is 6.61 Å². The van der Waals surface area contributed by atoms with Crippen LogP contribution in [-0.4, -0.2) is 34.4 Å². The monoisotopic (exact) mass is 228 g/mol. The highest BCUT2D eigenvalue weighted by molar-refractivity contribution is 5.48. The van der Waals surface area contributed by atoms with E-state index in [9.17, 15) is 9.50 Å². The van der Waals surface area contributed by atoms with Crippen LogP contribution >= 0.6 is 0 Å². The molecule has 0 aliphatic carbocycles. The summed E-state index contributed by atoms with van der Waals surface area (Å²) >= 11 is 0. The van der Waals surface area contributed by atoms with Crippen molar-refractivity contribution in [1.82, 2.24) is 4.98 Å². The Kier molecular flexibility index (Phi) is 3.83. The van der Waals surface area contributed by atoms with Crippen molar-refractivity contribution in [2.45, 2.75) is 26.0 Å². The predicted molar refractivity (Wildman–Crippen MR) is 59.7 cm³/mol. The summed E-state index contributed by atoms with van der Waals surface area (Å²) < 4.78 is 12.9. The highest BCUT2D eigenvalue weighted by Gasteiger charge is 2.25. The number of rotatable bonds is 4. The second kappa shape index (κ2) is 4.76. The largest absolute Gasteiger partial charge is 0.394 e. The molecule has 1 heterocycles. The molecule has 0 atom stereocenters. The number of anilines is 1. The molecule has 4 nitrogen and oxygen atoms in total. The molecule has 0 fully saturated rings. The Morgan fingerprint density at radius 2 is 2.06 bits per heavy atom. The van der Waals surface area contributed by atoms with E-state index in [2.05, 4.69) is 4.98 Å². The van der Waals surface area contributed by atoms with Crippen LogP contribution in [0.1, 0.15) is 19.4 Å². The van der Waals surface area contributed by atoms with E-state index < -0.39 is 11.4 Å². The third-order valence-corrected chi connectivity index (χ3v) is 2.69. The molecule has 0 spiro atoms. The average molecular weight is 228 g/mol. The second-order valence-electron chi connectivity index (χ2n) is 4.32. The smallest absolute Gasteiger partial charge is 0.142 e. The molecular formula is C11H17FN2O2. The molecule has 0 bridgehead atoms. The Labute approximate surface area is 94.4 Å². The number of halogens is 1. The number of hydrogen-bond donors (Lipinski definition) is 2. The van der Waals surface area contributed by atoms with E-state index in [0.29, 0.717) is 11.4 Å². The second-order valence-corrected chi connectivity index (χ2v) is 4.32. The van der Waals surface area contributed by atoms with E-state index in [-0.39, 0.29) is 13.2 Å². The van der Waals surface area contributed by atoms with Crippen LogP contribution < -0.4 is 4.90 Å². The summed E-state index contributed by atoms with van der Waals surface area (Å²) in [7, 11) is 1.75. The van der Waals surface area contributed by atoms with Gasteiger partial charge in [-0.1, -0.05) is 0 Å². The Hall–Kier alpha value is -1.20. The average Bonchev–Trinajstić information content (AvgIpc) is 2.27. The van der Waals surface area contributed by atoms with Crippen molar-refractivity contribution in [3.8, 4) is 0 Å². The van der Waals surface area contributed by atoms with Crippen molar-refractivity contribution in [2.75, 3.05) is 18.6 Å². The molecule has 0 saturated carbocycles. The van der Waals surface area contributed by atoms with Gasteiger partial charge in [0.05, 0.1) is 24.9 Å². The van der Waals surface area contributed by atoms with Gasteiger partial charge in [-0.25, -0.2) is 9.37 Å². The maximum absolute atomic E-state index is 12.9. The maximum Gasteiger partial charge on any atom is 0.142 e. The highest BCUT2D eigenvalue weighted by atomic mass is 19.1. The predicted octanol–water partition coefficient (Wildman–Crippen LogP) is 0.920. The van der Waals surface area contributed by atoms with Crippen LogP contribution in [0.3, 0.4) is 0 Å². The van der Waals surface area contributed by atoms with Crippen molar-refractivity contribution < 1.29 is 14.6 Å². The number of likely N-dealkylation sites (N-methyl/N-ethyl adjacent to an activating group) is 1. The quantitative estimate of drug-likeness (QED) is 0.804. The van der Waals surface area contributed by atoms with E-state index in [1.807, 2.05) is 13.8 Å². The normalized spacial score (nSPS) is 11.6. The van der Waals surface area contributed by atoms with Crippen LogP contribution in [0.2, 0.25) is 0 Å². The minimum absolute atomic E-state index is 0.0621. The van der Waals surface area contributed by atoms with Gasteiger partial charge in [0, 0.05) is 12.6 Å². The van der Waals surface area contributed by atoms with Gasteiger partial charge >= 0.3 is 0 Å². The number of pyridine rings is 1. The van der Waals surface area contributed by atoms with Gasteiger partial charge in [0.2, 0.25) is 0 Å².